The summed E-state index contributed by atoms with van der Waals surface area (Å²) in [6, 6.07) is 3.45. The third kappa shape index (κ3) is 2.58. The summed E-state index contributed by atoms with van der Waals surface area (Å²) in [5.41, 5.74) is 0.319. The molecule has 2 rings (SSSR count). The van der Waals surface area contributed by atoms with Gasteiger partial charge in [0, 0.05) is 0 Å². The average molecular weight is 263 g/mol. The molecule has 2 aromatic rings. The van der Waals surface area contributed by atoms with Crippen LogP contribution in [0, 0.1) is 11.3 Å². The van der Waals surface area contributed by atoms with Crippen molar-refractivity contribution >= 4 is 17.7 Å². The monoisotopic (exact) mass is 263 g/mol. The quantitative estimate of drug-likeness (QED) is 0.780. The Bertz CT molecular complexity index is 620. The number of aliphatic carboxylic acids is 1. The van der Waals surface area contributed by atoms with E-state index >= 15 is 0 Å². The lowest BCUT2D eigenvalue weighted by molar-refractivity contribution is -0.138. The minimum Gasteiger partial charge on any atom is -0.480 e. The molecule has 2 heterocycles. The van der Waals surface area contributed by atoms with E-state index in [2.05, 4.69) is 25.7 Å². The minimum absolute atomic E-state index is 0.231. The molecule has 0 aliphatic rings. The number of hydrogen-bond acceptors (Lipinski definition) is 8. The fourth-order valence-corrected chi connectivity index (χ4v) is 1.83. The highest BCUT2D eigenvalue weighted by Gasteiger charge is 2.14. The predicted molar refractivity (Wildman–Crippen MR) is 56.3 cm³/mol. The summed E-state index contributed by atoms with van der Waals surface area (Å²) in [6.45, 7) is -0.364. The smallest absolute Gasteiger partial charge is 0.325 e. The Hall–Kier alpha value is -2.54. The first-order chi connectivity index (χ1) is 8.70. The number of carbonyl (C=O) groups is 1. The fraction of sp³-hybridized carbons (Fsp3) is 0.125. The first-order valence-electron chi connectivity index (χ1n) is 4.58. The molecule has 0 aliphatic carbocycles. The van der Waals surface area contributed by atoms with E-state index in [1.165, 1.54) is 12.3 Å². The maximum absolute atomic E-state index is 10.6. The minimum atomic E-state index is -1.07. The van der Waals surface area contributed by atoms with Crippen LogP contribution < -0.4 is 0 Å². The van der Waals surface area contributed by atoms with E-state index in [1.54, 1.807) is 0 Å². The molecule has 0 bridgehead atoms. The van der Waals surface area contributed by atoms with E-state index in [9.17, 15) is 4.79 Å². The molecule has 90 valence electrons. The summed E-state index contributed by atoms with van der Waals surface area (Å²) in [4.78, 5) is 10.6. The van der Waals surface area contributed by atoms with Gasteiger partial charge in [-0.3, -0.25) is 4.79 Å². The highest BCUT2D eigenvalue weighted by atomic mass is 32.2. The van der Waals surface area contributed by atoms with Crippen LogP contribution in [0.3, 0.4) is 0 Å². The van der Waals surface area contributed by atoms with Crippen LogP contribution in [-0.2, 0) is 11.3 Å². The van der Waals surface area contributed by atoms with Gasteiger partial charge in [-0.2, -0.15) is 10.4 Å². The largest absolute Gasteiger partial charge is 0.480 e. The van der Waals surface area contributed by atoms with Gasteiger partial charge in [-0.05, 0) is 28.3 Å². The second-order valence-corrected chi connectivity index (χ2v) is 3.93. The molecule has 0 saturated carbocycles. The molecule has 1 N–H and O–H groups in total. The second kappa shape index (κ2) is 5.19. The molecular weight excluding hydrogens is 258 g/mol. The van der Waals surface area contributed by atoms with Crippen molar-refractivity contribution in [1.82, 2.24) is 30.4 Å². The number of aromatic nitrogens is 6. The lowest BCUT2D eigenvalue weighted by Gasteiger charge is -2.01. The molecule has 0 aliphatic heterocycles. The van der Waals surface area contributed by atoms with Crippen LogP contribution >= 0.6 is 11.8 Å². The highest BCUT2D eigenvalue weighted by molar-refractivity contribution is 7.99. The van der Waals surface area contributed by atoms with Crippen LogP contribution in [0.2, 0.25) is 0 Å². The second-order valence-electron chi connectivity index (χ2n) is 2.98. The number of rotatable bonds is 4. The normalized spacial score (nSPS) is 9.94. The van der Waals surface area contributed by atoms with Crippen molar-refractivity contribution in [1.29, 1.82) is 5.26 Å². The van der Waals surface area contributed by atoms with E-state index < -0.39 is 5.97 Å². The number of carboxylic acids is 1. The third-order valence-electron chi connectivity index (χ3n) is 1.78. The zero-order valence-electron chi connectivity index (χ0n) is 8.76. The maximum Gasteiger partial charge on any atom is 0.325 e. The van der Waals surface area contributed by atoms with Gasteiger partial charge in [0.05, 0.1) is 11.8 Å². The highest BCUT2D eigenvalue weighted by Crippen LogP contribution is 2.25. The van der Waals surface area contributed by atoms with Gasteiger partial charge < -0.3 is 5.11 Å². The Morgan fingerprint density at radius 1 is 1.56 bits per heavy atom. The molecule has 0 amide bonds. The molecule has 0 fully saturated rings. The molecular formula is C8H5N7O2S. The van der Waals surface area contributed by atoms with Crippen molar-refractivity contribution in [2.45, 2.75) is 16.7 Å². The lowest BCUT2D eigenvalue weighted by Crippen LogP contribution is -2.11. The Labute approximate surface area is 104 Å². The Balaban J connectivity index is 2.27. The molecule has 18 heavy (non-hydrogen) atoms. The van der Waals surface area contributed by atoms with Crippen LogP contribution in [0.15, 0.2) is 22.4 Å². The predicted octanol–water partition coefficient (Wildman–Crippen LogP) is -0.429. The molecule has 2 aromatic heterocycles. The molecule has 0 atom stereocenters. The first kappa shape index (κ1) is 11.9. The Kier molecular flexibility index (Phi) is 3.44. The van der Waals surface area contributed by atoms with E-state index in [0.717, 1.165) is 16.4 Å². The van der Waals surface area contributed by atoms with Gasteiger partial charge in [-0.15, -0.1) is 10.2 Å². The van der Waals surface area contributed by atoms with Crippen molar-refractivity contribution in [3.8, 4) is 6.07 Å². The van der Waals surface area contributed by atoms with Crippen molar-refractivity contribution < 1.29 is 9.90 Å². The van der Waals surface area contributed by atoms with E-state index in [-0.39, 0.29) is 11.7 Å². The van der Waals surface area contributed by atoms with Crippen LogP contribution in [0.25, 0.3) is 0 Å². The summed E-state index contributed by atoms with van der Waals surface area (Å²) in [7, 11) is 0. The van der Waals surface area contributed by atoms with E-state index in [4.69, 9.17) is 10.4 Å². The van der Waals surface area contributed by atoms with Gasteiger partial charge in [-0.25, -0.2) is 4.68 Å². The van der Waals surface area contributed by atoms with E-state index in [0.29, 0.717) is 10.6 Å². The SMILES string of the molecule is N#Cc1ccnnc1Sc1nnnn1CC(=O)O. The lowest BCUT2D eigenvalue weighted by atomic mass is 10.3. The van der Waals surface area contributed by atoms with Gasteiger partial charge in [0.2, 0.25) is 5.16 Å². The Morgan fingerprint density at radius 3 is 3.11 bits per heavy atom. The molecule has 0 unspecified atom stereocenters. The number of nitriles is 1. The summed E-state index contributed by atoms with van der Waals surface area (Å²) >= 11 is 0.981. The van der Waals surface area contributed by atoms with Crippen LogP contribution in [0.5, 0.6) is 0 Å². The average Bonchev–Trinajstić information content (AvgIpc) is 2.76. The Morgan fingerprint density at radius 2 is 2.39 bits per heavy atom. The molecule has 0 saturated heterocycles. The topological polar surface area (TPSA) is 130 Å². The van der Waals surface area contributed by atoms with Crippen molar-refractivity contribution in [2.24, 2.45) is 0 Å². The zero-order chi connectivity index (χ0) is 13.0. The third-order valence-corrected chi connectivity index (χ3v) is 2.75. The summed E-state index contributed by atoms with van der Waals surface area (Å²) in [5, 5.41) is 36.1. The molecule has 0 radical (unpaired) electrons. The van der Waals surface area contributed by atoms with Gasteiger partial charge in [0.1, 0.15) is 17.6 Å². The molecule has 0 spiro atoms. The number of nitrogens with zero attached hydrogens (tertiary/aromatic N) is 7. The number of carboxylic acid groups (broad SMARTS) is 1. The van der Waals surface area contributed by atoms with Gasteiger partial charge in [0.15, 0.2) is 0 Å². The fourth-order valence-electron chi connectivity index (χ4n) is 1.06. The first-order valence-corrected chi connectivity index (χ1v) is 5.40. The van der Waals surface area contributed by atoms with Crippen molar-refractivity contribution in [3.05, 3.63) is 17.8 Å². The van der Waals surface area contributed by atoms with Crippen LogP contribution in [-0.4, -0.2) is 41.5 Å². The van der Waals surface area contributed by atoms with Gasteiger partial charge in [-0.1, -0.05) is 0 Å². The maximum atomic E-state index is 10.6. The molecule has 10 heteroatoms. The zero-order valence-corrected chi connectivity index (χ0v) is 9.57. The van der Waals surface area contributed by atoms with E-state index in [1.807, 2.05) is 6.07 Å². The number of hydrogen-bond donors (Lipinski definition) is 1. The standard InChI is InChI=1S/C8H5N7O2S/c9-3-5-1-2-10-11-7(5)18-8-12-13-14-15(8)4-6(16)17/h1-2H,4H2,(H,16,17). The molecule has 9 nitrogen and oxygen atoms in total. The summed E-state index contributed by atoms with van der Waals surface area (Å²) < 4.78 is 1.10. The van der Waals surface area contributed by atoms with Gasteiger partial charge >= 0.3 is 5.97 Å². The molecule has 0 aromatic carbocycles. The summed E-state index contributed by atoms with van der Waals surface area (Å²) in [6.07, 6.45) is 1.39. The van der Waals surface area contributed by atoms with Crippen LogP contribution in [0.4, 0.5) is 0 Å². The van der Waals surface area contributed by atoms with Crippen molar-refractivity contribution in [3.63, 3.8) is 0 Å². The summed E-state index contributed by atoms with van der Waals surface area (Å²) in [5.74, 6) is -1.07. The number of tetrazole rings is 1. The van der Waals surface area contributed by atoms with Gasteiger partial charge in [0.25, 0.3) is 0 Å². The van der Waals surface area contributed by atoms with Crippen LogP contribution in [0.1, 0.15) is 5.56 Å². The van der Waals surface area contributed by atoms with Crippen molar-refractivity contribution in [2.75, 3.05) is 0 Å².